The fourth-order valence-corrected chi connectivity index (χ4v) is 7.12. The van der Waals surface area contributed by atoms with Crippen LogP contribution < -0.4 is 10.0 Å². The maximum Gasteiger partial charge on any atom is 0.264 e. The van der Waals surface area contributed by atoms with Crippen LogP contribution in [0, 0.1) is 13.8 Å². The first-order valence-corrected chi connectivity index (χ1v) is 15.5. The molecule has 0 spiro atoms. The summed E-state index contributed by atoms with van der Waals surface area (Å²) >= 11 is 0. The molecule has 39 heavy (non-hydrogen) atoms. The minimum Gasteiger partial charge on any atom is -0.343 e. The van der Waals surface area contributed by atoms with Gasteiger partial charge in [-0.25, -0.2) is 21.6 Å². The number of carbonyl (C=O) groups is 2. The Morgan fingerprint density at radius 2 is 1.41 bits per heavy atom. The van der Waals surface area contributed by atoms with E-state index in [0.717, 1.165) is 15.4 Å². The Kier molecular flexibility index (Phi) is 8.53. The number of nitrogens with one attached hydrogen (secondary N) is 2. The third-order valence-corrected chi connectivity index (χ3v) is 9.90. The van der Waals surface area contributed by atoms with E-state index in [1.54, 1.807) is 54.6 Å². The molecule has 2 atom stereocenters. The smallest absolute Gasteiger partial charge is 0.264 e. The van der Waals surface area contributed by atoms with Crippen molar-refractivity contribution < 1.29 is 26.4 Å². The largest absolute Gasteiger partial charge is 0.343 e. The molecule has 2 amide bonds. The van der Waals surface area contributed by atoms with E-state index in [1.165, 1.54) is 24.3 Å². The summed E-state index contributed by atoms with van der Waals surface area (Å²) in [7, 11) is -8.16. The van der Waals surface area contributed by atoms with Crippen LogP contribution in [0.4, 0.5) is 0 Å². The molecular formula is C28H31N3O6S2. The number of rotatable bonds is 9. The monoisotopic (exact) mass is 569 g/mol. The highest BCUT2D eigenvalue weighted by molar-refractivity contribution is 7.90. The molecule has 206 valence electrons. The zero-order valence-electron chi connectivity index (χ0n) is 21.7. The van der Waals surface area contributed by atoms with Gasteiger partial charge in [-0.05, 0) is 56.5 Å². The van der Waals surface area contributed by atoms with Crippen LogP contribution in [0.2, 0.25) is 0 Å². The maximum absolute atomic E-state index is 13.4. The molecule has 1 aliphatic heterocycles. The highest BCUT2D eigenvalue weighted by atomic mass is 32.2. The van der Waals surface area contributed by atoms with Crippen molar-refractivity contribution in [1.82, 2.24) is 14.3 Å². The van der Waals surface area contributed by atoms with Crippen LogP contribution in [0.25, 0.3) is 0 Å². The average molecular weight is 570 g/mol. The number of aryl methyl sites for hydroxylation is 2. The lowest BCUT2D eigenvalue weighted by atomic mass is 10.0. The van der Waals surface area contributed by atoms with Crippen molar-refractivity contribution in [1.29, 1.82) is 0 Å². The van der Waals surface area contributed by atoms with Crippen molar-refractivity contribution in [3.63, 3.8) is 0 Å². The van der Waals surface area contributed by atoms with Crippen LogP contribution in [-0.2, 0) is 36.1 Å². The van der Waals surface area contributed by atoms with Gasteiger partial charge in [0.15, 0.2) is 0 Å². The van der Waals surface area contributed by atoms with Crippen molar-refractivity contribution in [3.8, 4) is 0 Å². The number of benzene rings is 3. The summed E-state index contributed by atoms with van der Waals surface area (Å²) in [4.78, 5) is 26.7. The van der Waals surface area contributed by atoms with E-state index in [0.29, 0.717) is 12.0 Å². The fraction of sp³-hybridized carbons (Fsp3) is 0.286. The third-order valence-electron chi connectivity index (χ3n) is 6.62. The Balaban J connectivity index is 1.56. The quantitative estimate of drug-likeness (QED) is 0.408. The molecule has 9 nitrogen and oxygen atoms in total. The number of hydrogen-bond donors (Lipinski definition) is 2. The average Bonchev–Trinajstić information content (AvgIpc) is 3.40. The maximum atomic E-state index is 13.4. The molecule has 0 bridgehead atoms. The molecule has 0 unspecified atom stereocenters. The minimum atomic E-state index is -4.20. The Hall–Kier alpha value is -3.54. The summed E-state index contributed by atoms with van der Waals surface area (Å²) in [6.45, 7) is 3.82. The van der Waals surface area contributed by atoms with Gasteiger partial charge < -0.3 is 5.32 Å². The van der Waals surface area contributed by atoms with Crippen molar-refractivity contribution in [3.05, 3.63) is 95.6 Å². The van der Waals surface area contributed by atoms with Gasteiger partial charge in [0.2, 0.25) is 15.9 Å². The van der Waals surface area contributed by atoms with Crippen LogP contribution in [0.15, 0.2) is 88.7 Å². The lowest BCUT2D eigenvalue weighted by Crippen LogP contribution is -2.54. The SMILES string of the molecule is Cc1ccc(S(=O)(=O)NC(=O)[C@H](Cc2ccccc2)NC(=O)[C@@H]2CCCN2S(=O)(=O)c2ccc(C)cc2)cc1. The second-order valence-corrected chi connectivity index (χ2v) is 13.2. The van der Waals surface area contributed by atoms with E-state index < -0.39 is 43.9 Å². The lowest BCUT2D eigenvalue weighted by molar-refractivity contribution is -0.129. The molecular weight excluding hydrogens is 538 g/mol. The van der Waals surface area contributed by atoms with Crippen molar-refractivity contribution in [2.45, 2.75) is 55.0 Å². The van der Waals surface area contributed by atoms with Gasteiger partial charge in [-0.2, -0.15) is 4.31 Å². The Morgan fingerprint density at radius 1 is 0.846 bits per heavy atom. The first-order valence-electron chi connectivity index (χ1n) is 12.5. The lowest BCUT2D eigenvalue weighted by Gasteiger charge is -2.26. The van der Waals surface area contributed by atoms with Gasteiger partial charge in [0.1, 0.15) is 12.1 Å². The Bertz CT molecular complexity index is 1540. The molecule has 0 radical (unpaired) electrons. The van der Waals surface area contributed by atoms with E-state index in [9.17, 15) is 26.4 Å². The number of sulfonamides is 2. The molecule has 4 rings (SSSR count). The normalized spacial score (nSPS) is 16.9. The van der Waals surface area contributed by atoms with E-state index in [2.05, 4.69) is 10.0 Å². The zero-order valence-corrected chi connectivity index (χ0v) is 23.3. The highest BCUT2D eigenvalue weighted by Crippen LogP contribution is 2.26. The predicted molar refractivity (Wildman–Crippen MR) is 147 cm³/mol. The topological polar surface area (TPSA) is 130 Å². The summed E-state index contributed by atoms with van der Waals surface area (Å²) in [5, 5.41) is 2.63. The van der Waals surface area contributed by atoms with Crippen LogP contribution >= 0.6 is 0 Å². The van der Waals surface area contributed by atoms with Crippen LogP contribution in [-0.4, -0.2) is 51.6 Å². The molecule has 1 saturated heterocycles. The number of amides is 2. The second kappa shape index (κ2) is 11.7. The van der Waals surface area contributed by atoms with E-state index in [1.807, 2.05) is 13.8 Å². The summed E-state index contributed by atoms with van der Waals surface area (Å²) in [6, 6.07) is 18.9. The fourth-order valence-electron chi connectivity index (χ4n) is 4.44. The minimum absolute atomic E-state index is 0.0132. The van der Waals surface area contributed by atoms with Gasteiger partial charge in [-0.3, -0.25) is 9.59 Å². The van der Waals surface area contributed by atoms with Crippen molar-refractivity contribution in [2.75, 3.05) is 6.54 Å². The number of hydrogen-bond acceptors (Lipinski definition) is 6. The Morgan fingerprint density at radius 3 is 2.00 bits per heavy atom. The number of carbonyl (C=O) groups excluding carboxylic acids is 2. The van der Waals surface area contributed by atoms with Gasteiger partial charge in [-0.15, -0.1) is 0 Å². The molecule has 1 aliphatic rings. The van der Waals surface area contributed by atoms with Crippen LogP contribution in [0.1, 0.15) is 29.5 Å². The third kappa shape index (κ3) is 6.73. The standard InChI is InChI=1S/C28H31N3O6S2/c1-20-10-14-23(15-11-20)38(34,35)30-27(32)25(19-22-7-4-3-5-8-22)29-28(33)26-9-6-18-31(26)39(36,37)24-16-12-21(2)13-17-24/h3-5,7-8,10-17,25-26H,6,9,18-19H2,1-2H3,(H,29,33)(H,30,32)/t25-,26-/m0/s1. The molecule has 0 aliphatic carbocycles. The van der Waals surface area contributed by atoms with E-state index in [4.69, 9.17) is 0 Å². The summed E-state index contributed by atoms with van der Waals surface area (Å²) < 4.78 is 55.6. The van der Waals surface area contributed by atoms with Crippen molar-refractivity contribution >= 4 is 31.9 Å². The highest BCUT2D eigenvalue weighted by Gasteiger charge is 2.40. The molecule has 0 saturated carbocycles. The molecule has 3 aromatic rings. The van der Waals surface area contributed by atoms with E-state index in [-0.39, 0.29) is 29.2 Å². The molecule has 1 heterocycles. The van der Waals surface area contributed by atoms with Gasteiger partial charge >= 0.3 is 0 Å². The first-order chi connectivity index (χ1) is 18.5. The van der Waals surface area contributed by atoms with Gasteiger partial charge in [-0.1, -0.05) is 65.7 Å². The van der Waals surface area contributed by atoms with Crippen LogP contribution in [0.5, 0.6) is 0 Å². The summed E-state index contributed by atoms with van der Waals surface area (Å²) in [6.07, 6.45) is 0.762. The van der Waals surface area contributed by atoms with Crippen LogP contribution in [0.3, 0.4) is 0 Å². The molecule has 11 heteroatoms. The molecule has 1 fully saturated rings. The molecule has 3 aromatic carbocycles. The van der Waals surface area contributed by atoms with Crippen molar-refractivity contribution in [2.24, 2.45) is 0 Å². The van der Waals surface area contributed by atoms with Gasteiger partial charge in [0.25, 0.3) is 15.9 Å². The van der Waals surface area contributed by atoms with E-state index >= 15 is 0 Å². The number of nitrogens with zero attached hydrogens (tertiary/aromatic N) is 1. The first kappa shape index (κ1) is 28.5. The molecule has 0 aromatic heterocycles. The van der Waals surface area contributed by atoms with Gasteiger partial charge in [0.05, 0.1) is 9.79 Å². The summed E-state index contributed by atoms with van der Waals surface area (Å²) in [5.74, 6) is -1.58. The summed E-state index contributed by atoms with van der Waals surface area (Å²) in [5.41, 5.74) is 2.46. The Labute approximate surface area is 229 Å². The zero-order chi connectivity index (χ0) is 28.2. The second-order valence-electron chi connectivity index (χ2n) is 9.62. The molecule has 2 N–H and O–H groups in total. The van der Waals surface area contributed by atoms with Gasteiger partial charge in [0, 0.05) is 13.0 Å². The predicted octanol–water partition coefficient (Wildman–Crippen LogP) is 2.69.